The number of benzene rings is 3. The van der Waals surface area contributed by atoms with E-state index in [9.17, 15) is 4.79 Å². The Morgan fingerprint density at radius 3 is 1.83 bits per heavy atom. The molecule has 0 aliphatic carbocycles. The van der Waals surface area contributed by atoms with Crippen molar-refractivity contribution in [3.8, 4) is 0 Å². The summed E-state index contributed by atoms with van der Waals surface area (Å²) in [6, 6.07) is 25.9. The maximum Gasteiger partial charge on any atom is 0.251 e. The van der Waals surface area contributed by atoms with Gasteiger partial charge in [-0.1, -0.05) is 54.6 Å². The average molecular weight is 379 g/mol. The molecule has 142 valence electrons. The van der Waals surface area contributed by atoms with Crippen molar-refractivity contribution in [2.75, 3.05) is 6.54 Å². The molecular weight excluding hydrogens is 358 g/mol. The van der Waals surface area contributed by atoms with Gasteiger partial charge < -0.3 is 15.3 Å². The summed E-state index contributed by atoms with van der Waals surface area (Å²) in [4.78, 5) is 19.4. The van der Waals surface area contributed by atoms with E-state index < -0.39 is 0 Å². The molecule has 5 rings (SSSR count). The maximum atomic E-state index is 12.7. The first-order chi connectivity index (χ1) is 14.3. The van der Waals surface area contributed by atoms with E-state index in [0.29, 0.717) is 12.1 Å². The largest absolute Gasteiger partial charge is 0.361 e. The molecular formula is C25H21N3O. The van der Waals surface area contributed by atoms with Crippen LogP contribution in [-0.4, -0.2) is 22.4 Å². The van der Waals surface area contributed by atoms with Gasteiger partial charge in [0.15, 0.2) is 0 Å². The van der Waals surface area contributed by atoms with Crippen molar-refractivity contribution in [1.82, 2.24) is 15.3 Å². The minimum absolute atomic E-state index is 0.0231. The van der Waals surface area contributed by atoms with Gasteiger partial charge in [-0.05, 0) is 35.4 Å². The molecule has 0 bridgehead atoms. The lowest BCUT2D eigenvalue weighted by atomic mass is 9.90. The van der Waals surface area contributed by atoms with Gasteiger partial charge in [0.2, 0.25) is 0 Å². The number of amides is 1. The molecule has 0 aliphatic rings. The zero-order valence-corrected chi connectivity index (χ0v) is 15.9. The highest BCUT2D eigenvalue weighted by molar-refractivity contribution is 5.94. The van der Waals surface area contributed by atoms with E-state index in [1.54, 1.807) is 0 Å². The SMILES string of the molecule is O=C(NCC(c1c[nH]c2ccccc12)c1c[nH]c2ccccc12)c1ccccc1. The number of aromatic amines is 2. The number of H-pyrrole nitrogens is 2. The molecule has 0 saturated heterocycles. The first-order valence-electron chi connectivity index (χ1n) is 9.76. The highest BCUT2D eigenvalue weighted by Crippen LogP contribution is 2.34. The predicted molar refractivity (Wildman–Crippen MR) is 117 cm³/mol. The van der Waals surface area contributed by atoms with E-state index >= 15 is 0 Å². The zero-order valence-electron chi connectivity index (χ0n) is 15.9. The first-order valence-corrected chi connectivity index (χ1v) is 9.76. The average Bonchev–Trinajstić information content (AvgIpc) is 3.40. The molecule has 4 nitrogen and oxygen atoms in total. The molecule has 2 heterocycles. The fourth-order valence-corrected chi connectivity index (χ4v) is 4.04. The summed E-state index contributed by atoms with van der Waals surface area (Å²) in [6.45, 7) is 0.511. The number of para-hydroxylation sites is 2. The molecule has 29 heavy (non-hydrogen) atoms. The summed E-state index contributed by atoms with van der Waals surface area (Å²) in [5.74, 6) is -0.0368. The Hall–Kier alpha value is -3.79. The van der Waals surface area contributed by atoms with E-state index in [0.717, 1.165) is 11.0 Å². The summed E-state index contributed by atoms with van der Waals surface area (Å²) >= 11 is 0. The van der Waals surface area contributed by atoms with Gasteiger partial charge in [-0.3, -0.25) is 4.79 Å². The van der Waals surface area contributed by atoms with Gasteiger partial charge in [0.25, 0.3) is 5.91 Å². The zero-order chi connectivity index (χ0) is 19.6. The van der Waals surface area contributed by atoms with Gasteiger partial charge in [-0.15, -0.1) is 0 Å². The lowest BCUT2D eigenvalue weighted by Crippen LogP contribution is -2.28. The predicted octanol–water partition coefficient (Wildman–Crippen LogP) is 5.21. The molecule has 1 amide bonds. The summed E-state index contributed by atoms with van der Waals surface area (Å²) in [7, 11) is 0. The van der Waals surface area contributed by atoms with Gasteiger partial charge in [0.05, 0.1) is 0 Å². The van der Waals surface area contributed by atoms with Crippen LogP contribution in [0.1, 0.15) is 27.4 Å². The molecule has 5 aromatic rings. The van der Waals surface area contributed by atoms with Gasteiger partial charge >= 0.3 is 0 Å². The molecule has 0 unspecified atom stereocenters. The van der Waals surface area contributed by atoms with Crippen molar-refractivity contribution in [3.63, 3.8) is 0 Å². The van der Waals surface area contributed by atoms with E-state index in [4.69, 9.17) is 0 Å². The number of hydrogen-bond donors (Lipinski definition) is 3. The summed E-state index contributed by atoms with van der Waals surface area (Å²) < 4.78 is 0. The number of nitrogens with one attached hydrogen (secondary N) is 3. The topological polar surface area (TPSA) is 60.7 Å². The van der Waals surface area contributed by atoms with Crippen molar-refractivity contribution in [1.29, 1.82) is 0 Å². The third-order valence-electron chi connectivity index (χ3n) is 5.50. The Labute approximate surface area is 168 Å². The number of carbonyl (C=O) groups excluding carboxylic acids is 1. The van der Waals surface area contributed by atoms with E-state index in [1.807, 2.05) is 42.5 Å². The molecule has 3 aromatic carbocycles. The second kappa shape index (κ2) is 7.32. The van der Waals surface area contributed by atoms with Crippen molar-refractivity contribution < 1.29 is 4.79 Å². The first kappa shape index (κ1) is 17.3. The minimum atomic E-state index is -0.0599. The molecule has 0 radical (unpaired) electrons. The molecule has 0 saturated carbocycles. The Bertz CT molecular complexity index is 1210. The molecule has 2 aromatic heterocycles. The Balaban J connectivity index is 1.55. The van der Waals surface area contributed by atoms with Crippen molar-refractivity contribution >= 4 is 27.7 Å². The molecule has 0 fully saturated rings. The number of rotatable bonds is 5. The van der Waals surface area contributed by atoms with Crippen LogP contribution in [0.25, 0.3) is 21.8 Å². The Morgan fingerprint density at radius 2 is 1.24 bits per heavy atom. The van der Waals surface area contributed by atoms with Gasteiger partial charge in [0, 0.05) is 52.2 Å². The van der Waals surface area contributed by atoms with Crippen LogP contribution in [-0.2, 0) is 0 Å². The standard InChI is InChI=1S/C25H21N3O/c29-25(17-8-2-1-3-9-17)28-16-22(20-14-26-23-12-6-4-10-18(20)23)21-15-27-24-13-7-5-11-19(21)24/h1-15,22,26-27H,16H2,(H,28,29). The van der Waals surface area contributed by atoms with Crippen LogP contribution in [0.5, 0.6) is 0 Å². The van der Waals surface area contributed by atoms with E-state index in [2.05, 4.69) is 64.1 Å². The van der Waals surface area contributed by atoms with Crippen LogP contribution in [0.3, 0.4) is 0 Å². The fourth-order valence-electron chi connectivity index (χ4n) is 4.04. The summed E-state index contributed by atoms with van der Waals surface area (Å²) in [5.41, 5.74) is 5.23. The highest BCUT2D eigenvalue weighted by Gasteiger charge is 2.22. The smallest absolute Gasteiger partial charge is 0.251 e. The van der Waals surface area contributed by atoms with E-state index in [-0.39, 0.29) is 11.8 Å². The van der Waals surface area contributed by atoms with Crippen LogP contribution in [0.2, 0.25) is 0 Å². The second-order valence-electron chi connectivity index (χ2n) is 7.21. The van der Waals surface area contributed by atoms with Crippen molar-refractivity contribution in [2.45, 2.75) is 5.92 Å². The third-order valence-corrected chi connectivity index (χ3v) is 5.50. The Kier molecular flexibility index (Phi) is 4.37. The van der Waals surface area contributed by atoms with Gasteiger partial charge in [0.1, 0.15) is 0 Å². The second-order valence-corrected chi connectivity index (χ2v) is 7.21. The Morgan fingerprint density at radius 1 is 0.724 bits per heavy atom. The van der Waals surface area contributed by atoms with Crippen LogP contribution in [0.15, 0.2) is 91.3 Å². The highest BCUT2D eigenvalue weighted by atomic mass is 16.1. The normalized spacial score (nSPS) is 11.3. The quantitative estimate of drug-likeness (QED) is 0.386. The molecule has 0 atom stereocenters. The van der Waals surface area contributed by atoms with Crippen LogP contribution in [0, 0.1) is 0 Å². The minimum Gasteiger partial charge on any atom is -0.361 e. The fraction of sp³-hybridized carbons (Fsp3) is 0.0800. The lowest BCUT2D eigenvalue weighted by Gasteiger charge is -2.17. The van der Waals surface area contributed by atoms with Crippen molar-refractivity contribution in [3.05, 3.63) is 108 Å². The molecule has 4 heteroatoms. The molecule has 3 N–H and O–H groups in total. The van der Waals surface area contributed by atoms with E-state index in [1.165, 1.54) is 21.9 Å². The van der Waals surface area contributed by atoms with Crippen molar-refractivity contribution in [2.24, 2.45) is 0 Å². The van der Waals surface area contributed by atoms with Gasteiger partial charge in [-0.2, -0.15) is 0 Å². The molecule has 0 aliphatic heterocycles. The summed E-state index contributed by atoms with van der Waals surface area (Å²) in [6.07, 6.45) is 4.12. The number of aromatic nitrogens is 2. The number of fused-ring (bicyclic) bond motifs is 2. The van der Waals surface area contributed by atoms with Crippen LogP contribution < -0.4 is 5.32 Å². The maximum absolute atomic E-state index is 12.7. The van der Waals surface area contributed by atoms with Gasteiger partial charge in [-0.25, -0.2) is 0 Å². The lowest BCUT2D eigenvalue weighted by molar-refractivity contribution is 0.0952. The monoisotopic (exact) mass is 379 g/mol. The van der Waals surface area contributed by atoms with Crippen LogP contribution >= 0.6 is 0 Å². The number of hydrogen-bond acceptors (Lipinski definition) is 1. The molecule has 0 spiro atoms. The summed E-state index contributed by atoms with van der Waals surface area (Å²) in [5, 5.41) is 5.49. The third kappa shape index (κ3) is 3.19. The number of carbonyl (C=O) groups is 1. The van der Waals surface area contributed by atoms with Crippen LogP contribution in [0.4, 0.5) is 0 Å².